The topological polar surface area (TPSA) is 43.5 Å². The van der Waals surface area contributed by atoms with E-state index in [9.17, 15) is 0 Å². The Balaban J connectivity index is 1.43. The summed E-state index contributed by atoms with van der Waals surface area (Å²) in [4.78, 5) is 0. The summed E-state index contributed by atoms with van der Waals surface area (Å²) in [5.41, 5.74) is 0. The van der Waals surface area contributed by atoms with Crippen LogP contribution >= 0.6 is 0 Å². The molecule has 4 nitrogen and oxygen atoms in total. The Morgan fingerprint density at radius 3 is 1.49 bits per heavy atom. The summed E-state index contributed by atoms with van der Waals surface area (Å²) in [5.74, 6) is 1.72. The number of rotatable bonds is 16. The van der Waals surface area contributed by atoms with E-state index in [2.05, 4.69) is 67.0 Å². The molecule has 4 aliphatic rings. The van der Waals surface area contributed by atoms with Crippen LogP contribution in [0.25, 0.3) is 0 Å². The second-order valence-electron chi connectivity index (χ2n) is 16.7. The zero-order chi connectivity index (χ0) is 28.7. The molecule has 2 aliphatic carbocycles. The number of epoxide rings is 2. The minimum absolute atomic E-state index is 0.0648. The molecule has 39 heavy (non-hydrogen) atoms. The van der Waals surface area contributed by atoms with Crippen LogP contribution in [0.5, 0.6) is 0 Å². The molecule has 2 aliphatic heterocycles. The van der Waals surface area contributed by atoms with E-state index in [-0.39, 0.29) is 10.4 Å². The molecule has 4 fully saturated rings. The van der Waals surface area contributed by atoms with Gasteiger partial charge in [0.2, 0.25) is 0 Å². The maximum atomic E-state index is 7.77. The molecule has 4 rings (SSSR count). The van der Waals surface area contributed by atoms with Gasteiger partial charge in [0.25, 0.3) is 0 Å². The van der Waals surface area contributed by atoms with E-state index in [4.69, 9.17) is 18.3 Å². The van der Waals surface area contributed by atoms with Gasteiger partial charge in [0.15, 0.2) is 0 Å². The molecule has 0 N–H and O–H groups in total. The van der Waals surface area contributed by atoms with Crippen LogP contribution in [0, 0.1) is 11.8 Å². The summed E-state index contributed by atoms with van der Waals surface area (Å²) in [5, 5.41) is 0.00971. The molecule has 0 aromatic rings. The van der Waals surface area contributed by atoms with Crippen molar-refractivity contribution in [1.82, 2.24) is 0 Å². The van der Waals surface area contributed by atoms with E-state index in [1.165, 1.54) is 63.5 Å². The van der Waals surface area contributed by atoms with Crippen LogP contribution in [-0.4, -0.2) is 59.6 Å². The molecular formula is C32H67O4Si3-3. The van der Waals surface area contributed by atoms with Crippen molar-refractivity contribution in [3.63, 3.8) is 0 Å². The number of hydrogen-bond acceptors (Lipinski definition) is 4. The predicted molar refractivity (Wildman–Crippen MR) is 176 cm³/mol. The Morgan fingerprint density at radius 1 is 0.590 bits per heavy atom. The van der Waals surface area contributed by atoms with Gasteiger partial charge >= 0.3 is 246 Å². The molecule has 0 aromatic heterocycles. The fraction of sp³-hybridized carbons (Fsp3) is 1.00. The van der Waals surface area contributed by atoms with Crippen LogP contribution < -0.4 is 0 Å². The van der Waals surface area contributed by atoms with Crippen LogP contribution in [-0.2, 0) is 18.3 Å². The van der Waals surface area contributed by atoms with Gasteiger partial charge in [-0.15, -0.1) is 0 Å². The van der Waals surface area contributed by atoms with Crippen molar-refractivity contribution in [3.8, 4) is 0 Å². The fourth-order valence-corrected chi connectivity index (χ4v) is 25.3. The molecule has 7 heteroatoms. The molecule has 0 spiro atoms. The molecule has 2 heterocycles. The molecule has 0 aromatic carbocycles. The van der Waals surface area contributed by atoms with Gasteiger partial charge in [0, 0.05) is 0 Å². The van der Waals surface area contributed by atoms with Crippen LogP contribution in [0.15, 0.2) is 0 Å². The van der Waals surface area contributed by atoms with Crippen molar-refractivity contribution in [2.75, 3.05) is 0 Å². The SMILES string of the molecule is CCC(CC)(O[SiH-](C)(C)C(CC)(CC)O[SiH-](C)(C)CCC1CCC2OC2C1)[SiH-](C)(C)CCC1CCC2OC2C1. The standard InChI is InChI=1S/C32H67O4Si3/c1-11-31(12-2,37(5,6)21-19-25-15-17-27-29(23-25)33-27)36-39(9,10)32(13-3,14-4)35-38(7,8)22-20-26-16-18-28-30(24-26)34-28/h25-30,37-39H,11-24H2,1-10H3/q-3. The van der Waals surface area contributed by atoms with Gasteiger partial charge in [0.05, 0.1) is 0 Å². The normalized spacial score (nSPS) is 32.8. The molecular weight excluding hydrogens is 533 g/mol. The first-order valence-corrected chi connectivity index (χ1v) is 28.3. The van der Waals surface area contributed by atoms with Gasteiger partial charge in [-0.25, -0.2) is 0 Å². The summed E-state index contributed by atoms with van der Waals surface area (Å²) in [6, 6.07) is 2.71. The molecule has 2 saturated heterocycles. The molecule has 6 unspecified atom stereocenters. The monoisotopic (exact) mass is 599 g/mol. The number of hydrogen-bond donors (Lipinski definition) is 0. The van der Waals surface area contributed by atoms with Crippen molar-refractivity contribution in [2.45, 2.75) is 191 Å². The Morgan fingerprint density at radius 2 is 1.05 bits per heavy atom. The van der Waals surface area contributed by atoms with E-state index >= 15 is 0 Å². The first kappa shape index (κ1) is 32.4. The van der Waals surface area contributed by atoms with Gasteiger partial charge in [-0.1, -0.05) is 0 Å². The van der Waals surface area contributed by atoms with Crippen molar-refractivity contribution in [3.05, 3.63) is 0 Å². The minimum atomic E-state index is -2.58. The van der Waals surface area contributed by atoms with Gasteiger partial charge in [-0.05, 0) is 0 Å². The van der Waals surface area contributed by atoms with E-state index in [1.807, 2.05) is 0 Å². The zero-order valence-electron chi connectivity index (χ0n) is 27.7. The molecule has 234 valence electrons. The quantitative estimate of drug-likeness (QED) is 0.132. The van der Waals surface area contributed by atoms with Gasteiger partial charge in [0.1, 0.15) is 0 Å². The van der Waals surface area contributed by atoms with E-state index < -0.39 is 24.7 Å². The summed E-state index contributed by atoms with van der Waals surface area (Å²) < 4.78 is 27.0. The Kier molecular flexibility index (Phi) is 10.2. The van der Waals surface area contributed by atoms with Gasteiger partial charge in [-0.3, -0.25) is 0 Å². The van der Waals surface area contributed by atoms with Crippen LogP contribution in [0.2, 0.25) is 51.4 Å². The van der Waals surface area contributed by atoms with Crippen molar-refractivity contribution in [1.29, 1.82) is 0 Å². The van der Waals surface area contributed by atoms with Crippen LogP contribution in [0.3, 0.4) is 0 Å². The van der Waals surface area contributed by atoms with E-state index in [0.717, 1.165) is 37.5 Å². The average molecular weight is 600 g/mol. The van der Waals surface area contributed by atoms with Crippen molar-refractivity contribution < 1.29 is 18.3 Å². The van der Waals surface area contributed by atoms with Crippen LogP contribution in [0.4, 0.5) is 0 Å². The average Bonchev–Trinajstić information content (AvgIpc) is 3.82. The van der Waals surface area contributed by atoms with Gasteiger partial charge in [-0.2, -0.15) is 0 Å². The first-order chi connectivity index (χ1) is 18.2. The zero-order valence-corrected chi connectivity index (χ0v) is 31.2. The summed E-state index contributed by atoms with van der Waals surface area (Å²) in [7, 11) is -6.79. The van der Waals surface area contributed by atoms with Crippen molar-refractivity contribution in [2.24, 2.45) is 11.8 Å². The predicted octanol–water partition coefficient (Wildman–Crippen LogP) is 8.45. The van der Waals surface area contributed by atoms with Gasteiger partial charge < -0.3 is 0 Å². The Bertz CT molecular complexity index is 807. The second-order valence-corrected chi connectivity index (χ2v) is 32.3. The van der Waals surface area contributed by atoms with E-state index in [1.54, 1.807) is 0 Å². The van der Waals surface area contributed by atoms with Crippen LogP contribution in [0.1, 0.15) is 105 Å². The summed E-state index contributed by atoms with van der Waals surface area (Å²) in [6.07, 6.45) is 17.5. The van der Waals surface area contributed by atoms with Crippen molar-refractivity contribution >= 4 is 24.7 Å². The van der Waals surface area contributed by atoms with E-state index in [0.29, 0.717) is 24.4 Å². The number of ether oxygens (including phenoxy) is 2. The second kappa shape index (κ2) is 12.2. The molecule has 0 amide bonds. The molecule has 0 radical (unpaired) electrons. The Hall–Kier alpha value is 0.491. The third-order valence-corrected chi connectivity index (χ3v) is 26.5. The third kappa shape index (κ3) is 7.18. The summed E-state index contributed by atoms with van der Waals surface area (Å²) in [6.45, 7) is 25.1. The molecule has 2 saturated carbocycles. The fourth-order valence-electron chi connectivity index (χ4n) is 9.71. The molecule has 6 atom stereocenters. The third-order valence-electron chi connectivity index (χ3n) is 13.0. The maximum absolute atomic E-state index is 7.77. The molecule has 0 bridgehead atoms. The Labute approximate surface area is 245 Å². The number of fused-ring (bicyclic) bond motifs is 2. The first-order valence-electron chi connectivity index (χ1n) is 17.7. The summed E-state index contributed by atoms with van der Waals surface area (Å²) >= 11 is 0.